The number of aliphatic imine (C=N–C) groups is 1. The van der Waals surface area contributed by atoms with Crippen LogP contribution in [0.1, 0.15) is 5.56 Å². The van der Waals surface area contributed by atoms with E-state index in [0.29, 0.717) is 24.0 Å². The molecule has 3 N–H and O–H groups in total. The number of aromatic hydroxyl groups is 1. The molecule has 2 aromatic carbocycles. The fourth-order valence-corrected chi connectivity index (χ4v) is 3.16. The smallest absolute Gasteiger partial charge is 0.200 e. The van der Waals surface area contributed by atoms with Gasteiger partial charge < -0.3 is 30.1 Å². The second-order valence-corrected chi connectivity index (χ2v) is 6.47. The Balaban J connectivity index is 0.00000300. The fourth-order valence-electron chi connectivity index (χ4n) is 3.16. The van der Waals surface area contributed by atoms with Crippen LogP contribution in [0.4, 0.5) is 10.1 Å². The number of benzene rings is 2. The Labute approximate surface area is 186 Å². The van der Waals surface area contributed by atoms with Gasteiger partial charge in [-0.05, 0) is 42.0 Å². The van der Waals surface area contributed by atoms with Crippen molar-refractivity contribution in [3.05, 3.63) is 47.8 Å². The Hall–Kier alpha value is -2.43. The number of phenolic OH excluding ortho intramolecular Hbond substituents is 1. The summed E-state index contributed by atoms with van der Waals surface area (Å²) in [5.41, 5.74) is 7.99. The Bertz CT molecular complexity index is 815. The van der Waals surface area contributed by atoms with Crippen molar-refractivity contribution >= 4 is 35.6 Å². The Morgan fingerprint density at radius 3 is 2.14 bits per heavy atom. The van der Waals surface area contributed by atoms with Crippen LogP contribution in [-0.4, -0.2) is 56.4 Å². The molecule has 0 unspecified atom stereocenters. The number of anilines is 1. The lowest BCUT2D eigenvalue weighted by molar-refractivity contribution is 0.339. The molecular formula is C20H26FIN4O3. The van der Waals surface area contributed by atoms with E-state index < -0.39 is 0 Å². The van der Waals surface area contributed by atoms with Crippen molar-refractivity contribution in [2.24, 2.45) is 10.7 Å². The number of methoxy groups -OCH3 is 2. The van der Waals surface area contributed by atoms with Crippen LogP contribution in [0.25, 0.3) is 0 Å². The molecule has 29 heavy (non-hydrogen) atoms. The summed E-state index contributed by atoms with van der Waals surface area (Å²) in [6.07, 6.45) is 0. The third-order valence-corrected chi connectivity index (χ3v) is 4.76. The second-order valence-electron chi connectivity index (χ2n) is 6.47. The van der Waals surface area contributed by atoms with Gasteiger partial charge in [0.05, 0.1) is 20.8 Å². The van der Waals surface area contributed by atoms with E-state index in [1.807, 2.05) is 4.90 Å². The van der Waals surface area contributed by atoms with E-state index in [2.05, 4.69) is 9.89 Å². The van der Waals surface area contributed by atoms with Gasteiger partial charge in [-0.25, -0.2) is 9.38 Å². The van der Waals surface area contributed by atoms with Gasteiger partial charge in [-0.1, -0.05) is 0 Å². The molecule has 7 nitrogen and oxygen atoms in total. The summed E-state index contributed by atoms with van der Waals surface area (Å²) in [5.74, 6) is 0.848. The van der Waals surface area contributed by atoms with Crippen molar-refractivity contribution < 1.29 is 19.0 Å². The minimum absolute atomic E-state index is 0. The molecule has 0 atom stereocenters. The normalized spacial score (nSPS) is 14.4. The molecule has 1 heterocycles. The number of rotatable bonds is 5. The number of nitrogens with two attached hydrogens (primary N) is 1. The predicted molar refractivity (Wildman–Crippen MR) is 122 cm³/mol. The summed E-state index contributed by atoms with van der Waals surface area (Å²) in [6.45, 7) is 3.37. The van der Waals surface area contributed by atoms with Gasteiger partial charge in [-0.15, -0.1) is 24.0 Å². The third-order valence-electron chi connectivity index (χ3n) is 4.76. The van der Waals surface area contributed by atoms with Gasteiger partial charge in [-0.3, -0.25) is 0 Å². The maximum atomic E-state index is 13.1. The number of nitrogens with zero attached hydrogens (tertiary/aromatic N) is 3. The van der Waals surface area contributed by atoms with Crippen molar-refractivity contribution in [2.75, 3.05) is 45.3 Å². The summed E-state index contributed by atoms with van der Waals surface area (Å²) in [6, 6.07) is 9.93. The van der Waals surface area contributed by atoms with Crippen molar-refractivity contribution in [3.8, 4) is 17.2 Å². The van der Waals surface area contributed by atoms with Gasteiger partial charge >= 0.3 is 0 Å². The van der Waals surface area contributed by atoms with E-state index in [1.165, 1.54) is 26.4 Å². The minimum Gasteiger partial charge on any atom is -0.502 e. The second kappa shape index (κ2) is 10.4. The van der Waals surface area contributed by atoms with E-state index >= 15 is 0 Å². The van der Waals surface area contributed by atoms with Crippen molar-refractivity contribution in [1.29, 1.82) is 0 Å². The van der Waals surface area contributed by atoms with Crippen LogP contribution in [0.2, 0.25) is 0 Å². The Kier molecular flexibility index (Phi) is 8.18. The zero-order valence-corrected chi connectivity index (χ0v) is 18.8. The highest BCUT2D eigenvalue weighted by Crippen LogP contribution is 2.37. The molecule has 0 spiro atoms. The molecule has 0 aromatic heterocycles. The first-order valence-electron chi connectivity index (χ1n) is 9.01. The first-order valence-corrected chi connectivity index (χ1v) is 9.01. The number of piperazine rings is 1. The molecule has 0 radical (unpaired) electrons. The molecule has 0 aliphatic carbocycles. The average Bonchev–Trinajstić information content (AvgIpc) is 2.73. The first kappa shape index (κ1) is 22.9. The SMILES string of the molecule is COc1cc(CN=C(N)N2CCN(c3ccc(F)cc3)CC2)cc(OC)c1O.I. The first-order chi connectivity index (χ1) is 13.5. The van der Waals surface area contributed by atoms with Crippen LogP contribution in [0, 0.1) is 5.82 Å². The third kappa shape index (κ3) is 5.55. The highest BCUT2D eigenvalue weighted by Gasteiger charge is 2.19. The molecule has 9 heteroatoms. The van der Waals surface area contributed by atoms with Gasteiger partial charge in [0, 0.05) is 31.9 Å². The van der Waals surface area contributed by atoms with E-state index in [9.17, 15) is 9.50 Å². The molecule has 0 amide bonds. The largest absolute Gasteiger partial charge is 0.502 e. The zero-order chi connectivity index (χ0) is 20.1. The summed E-state index contributed by atoms with van der Waals surface area (Å²) < 4.78 is 23.4. The van der Waals surface area contributed by atoms with Gasteiger partial charge in [0.2, 0.25) is 5.75 Å². The molecule has 2 aromatic rings. The number of hydrogen-bond acceptors (Lipinski definition) is 5. The molecule has 1 aliphatic heterocycles. The lowest BCUT2D eigenvalue weighted by Crippen LogP contribution is -2.51. The number of guanidine groups is 1. The van der Waals surface area contributed by atoms with Crippen molar-refractivity contribution in [1.82, 2.24) is 4.90 Å². The summed E-state index contributed by atoms with van der Waals surface area (Å²) in [4.78, 5) is 8.68. The van der Waals surface area contributed by atoms with Gasteiger partial charge in [0.1, 0.15) is 5.82 Å². The number of halogens is 2. The van der Waals surface area contributed by atoms with E-state index in [-0.39, 0.29) is 35.5 Å². The van der Waals surface area contributed by atoms with Crippen LogP contribution in [0.5, 0.6) is 17.2 Å². The van der Waals surface area contributed by atoms with Crippen LogP contribution < -0.4 is 20.1 Å². The highest BCUT2D eigenvalue weighted by molar-refractivity contribution is 14.0. The summed E-state index contributed by atoms with van der Waals surface area (Å²) >= 11 is 0. The van der Waals surface area contributed by atoms with E-state index in [4.69, 9.17) is 15.2 Å². The van der Waals surface area contributed by atoms with Gasteiger partial charge in [0.25, 0.3) is 0 Å². The molecule has 0 bridgehead atoms. The van der Waals surface area contributed by atoms with Crippen LogP contribution in [0.15, 0.2) is 41.4 Å². The molecule has 1 saturated heterocycles. The van der Waals surface area contributed by atoms with Crippen molar-refractivity contribution in [2.45, 2.75) is 6.54 Å². The average molecular weight is 516 g/mol. The molecule has 3 rings (SSSR count). The lowest BCUT2D eigenvalue weighted by Gasteiger charge is -2.36. The Morgan fingerprint density at radius 1 is 1.07 bits per heavy atom. The predicted octanol–water partition coefficient (Wildman–Crippen LogP) is 2.80. The minimum atomic E-state index is -0.235. The monoisotopic (exact) mass is 516 g/mol. The number of hydrogen-bond donors (Lipinski definition) is 2. The van der Waals surface area contributed by atoms with Gasteiger partial charge in [-0.2, -0.15) is 0 Å². The maximum Gasteiger partial charge on any atom is 0.200 e. The topological polar surface area (TPSA) is 83.6 Å². The molecule has 0 saturated carbocycles. The van der Waals surface area contributed by atoms with E-state index in [0.717, 1.165) is 37.4 Å². The molecular weight excluding hydrogens is 490 g/mol. The number of phenols is 1. The Morgan fingerprint density at radius 2 is 1.62 bits per heavy atom. The number of ether oxygens (including phenoxy) is 2. The van der Waals surface area contributed by atoms with Crippen LogP contribution in [-0.2, 0) is 6.54 Å². The highest BCUT2D eigenvalue weighted by atomic mass is 127. The standard InChI is InChI=1S/C20H25FN4O3.HI/c1-27-17-11-14(12-18(28-2)19(17)26)13-23-20(22)25-9-7-24(8-10-25)16-5-3-15(21)4-6-16;/h3-6,11-12,26H,7-10,13H2,1-2H3,(H2,22,23);1H. The zero-order valence-electron chi connectivity index (χ0n) is 16.5. The molecule has 1 fully saturated rings. The van der Waals surface area contributed by atoms with Crippen LogP contribution in [0.3, 0.4) is 0 Å². The quantitative estimate of drug-likeness (QED) is 0.362. The summed E-state index contributed by atoms with van der Waals surface area (Å²) in [7, 11) is 2.97. The maximum absolute atomic E-state index is 13.1. The lowest BCUT2D eigenvalue weighted by atomic mass is 10.2. The van der Waals surface area contributed by atoms with Crippen molar-refractivity contribution in [3.63, 3.8) is 0 Å². The summed E-state index contributed by atoms with van der Waals surface area (Å²) in [5, 5.41) is 9.98. The molecule has 1 aliphatic rings. The molecule has 158 valence electrons. The van der Waals surface area contributed by atoms with Crippen LogP contribution >= 0.6 is 24.0 Å². The van der Waals surface area contributed by atoms with E-state index in [1.54, 1.807) is 24.3 Å². The van der Waals surface area contributed by atoms with Gasteiger partial charge in [0.15, 0.2) is 17.5 Å². The fraction of sp³-hybridized carbons (Fsp3) is 0.350.